The zero-order chi connectivity index (χ0) is 9.10. The lowest BCUT2D eigenvalue weighted by molar-refractivity contribution is 0.112. The summed E-state index contributed by atoms with van der Waals surface area (Å²) in [5.41, 5.74) is 2.47. The van der Waals surface area contributed by atoms with Gasteiger partial charge in [0, 0.05) is 17.3 Å². The quantitative estimate of drug-likeness (QED) is 0.703. The number of nitrogens with zero attached hydrogens (tertiary/aromatic N) is 1. The average Bonchev–Trinajstić information content (AvgIpc) is 2.71. The van der Waals surface area contributed by atoms with Crippen LogP contribution >= 0.6 is 0 Å². The molecule has 0 aliphatic rings. The summed E-state index contributed by atoms with van der Waals surface area (Å²) in [6, 6.07) is 9.20. The number of nitrogens with one attached hydrogen (secondary N) is 1. The topological polar surface area (TPSA) is 45.8 Å². The smallest absolute Gasteiger partial charge is 0.150 e. The van der Waals surface area contributed by atoms with Crippen molar-refractivity contribution in [3.8, 4) is 11.3 Å². The maximum absolute atomic E-state index is 10.5. The third kappa shape index (κ3) is 1.49. The fraction of sp³-hybridized carbons (Fsp3) is 0. The molecule has 64 valence electrons. The Balaban J connectivity index is 2.47. The van der Waals surface area contributed by atoms with E-state index in [4.69, 9.17) is 0 Å². The van der Waals surface area contributed by atoms with E-state index in [0.29, 0.717) is 5.56 Å². The second-order valence-corrected chi connectivity index (χ2v) is 2.70. The molecule has 2 rings (SSSR count). The fourth-order valence-electron chi connectivity index (χ4n) is 1.19. The van der Waals surface area contributed by atoms with E-state index in [1.54, 1.807) is 12.3 Å². The van der Waals surface area contributed by atoms with Gasteiger partial charge in [-0.15, -0.1) is 0 Å². The molecule has 3 heteroatoms. The first-order valence-electron chi connectivity index (χ1n) is 3.95. The minimum atomic E-state index is 0.667. The molecule has 0 radical (unpaired) electrons. The minimum absolute atomic E-state index is 0.667. The van der Waals surface area contributed by atoms with Gasteiger partial charge in [0.05, 0.1) is 5.69 Å². The molecule has 0 fully saturated rings. The predicted molar refractivity (Wildman–Crippen MR) is 49.4 cm³/mol. The molecule has 0 aliphatic heterocycles. The number of hydrogen-bond acceptors (Lipinski definition) is 2. The molecule has 1 aromatic carbocycles. The number of aldehydes is 1. The van der Waals surface area contributed by atoms with Crippen molar-refractivity contribution < 1.29 is 4.79 Å². The van der Waals surface area contributed by atoms with E-state index < -0.39 is 0 Å². The third-order valence-electron chi connectivity index (χ3n) is 1.82. The Morgan fingerprint density at radius 2 is 2.23 bits per heavy atom. The molecule has 13 heavy (non-hydrogen) atoms. The summed E-state index contributed by atoms with van der Waals surface area (Å²) in [7, 11) is 0. The highest BCUT2D eigenvalue weighted by molar-refractivity contribution is 5.78. The number of carbonyl (C=O) groups is 1. The summed E-state index contributed by atoms with van der Waals surface area (Å²) < 4.78 is 0. The number of H-pyrrole nitrogens is 1. The van der Waals surface area contributed by atoms with Gasteiger partial charge in [-0.3, -0.25) is 9.89 Å². The lowest BCUT2D eigenvalue weighted by Crippen LogP contribution is -1.82. The second-order valence-electron chi connectivity index (χ2n) is 2.70. The summed E-state index contributed by atoms with van der Waals surface area (Å²) in [4.78, 5) is 10.5. The van der Waals surface area contributed by atoms with Crippen molar-refractivity contribution in [3.63, 3.8) is 0 Å². The predicted octanol–water partition coefficient (Wildman–Crippen LogP) is 1.89. The molecular weight excluding hydrogens is 164 g/mol. The first-order valence-corrected chi connectivity index (χ1v) is 3.95. The van der Waals surface area contributed by atoms with Crippen molar-refractivity contribution in [1.29, 1.82) is 0 Å². The van der Waals surface area contributed by atoms with E-state index in [9.17, 15) is 4.79 Å². The molecule has 0 atom stereocenters. The number of carbonyl (C=O) groups excluding carboxylic acids is 1. The van der Waals surface area contributed by atoms with E-state index in [-0.39, 0.29) is 0 Å². The van der Waals surface area contributed by atoms with Crippen LogP contribution in [0.15, 0.2) is 36.5 Å². The molecule has 0 unspecified atom stereocenters. The largest absolute Gasteiger partial charge is 0.298 e. The SMILES string of the molecule is O=Cc1cccc(-c2cc[nH]n2)c1. The number of aromatic nitrogens is 2. The van der Waals surface area contributed by atoms with Gasteiger partial charge in [0.2, 0.25) is 0 Å². The zero-order valence-electron chi connectivity index (χ0n) is 6.90. The first kappa shape index (κ1) is 7.73. The van der Waals surface area contributed by atoms with Gasteiger partial charge in [0.25, 0.3) is 0 Å². The van der Waals surface area contributed by atoms with E-state index in [2.05, 4.69) is 10.2 Å². The summed E-state index contributed by atoms with van der Waals surface area (Å²) in [6.07, 6.45) is 2.58. The van der Waals surface area contributed by atoms with E-state index in [0.717, 1.165) is 17.5 Å². The van der Waals surface area contributed by atoms with Gasteiger partial charge in [0.15, 0.2) is 0 Å². The van der Waals surface area contributed by atoms with Crippen LogP contribution < -0.4 is 0 Å². The van der Waals surface area contributed by atoms with Crippen LogP contribution in [0.3, 0.4) is 0 Å². The van der Waals surface area contributed by atoms with Gasteiger partial charge >= 0.3 is 0 Å². The molecule has 0 spiro atoms. The Labute approximate surface area is 75.4 Å². The molecule has 0 saturated heterocycles. The lowest BCUT2D eigenvalue weighted by atomic mass is 10.1. The Morgan fingerprint density at radius 3 is 2.92 bits per heavy atom. The van der Waals surface area contributed by atoms with Crippen molar-refractivity contribution in [2.24, 2.45) is 0 Å². The summed E-state index contributed by atoms with van der Waals surface area (Å²) in [6.45, 7) is 0. The number of hydrogen-bond donors (Lipinski definition) is 1. The standard InChI is InChI=1S/C10H8N2O/c13-7-8-2-1-3-9(6-8)10-4-5-11-12-10/h1-7H,(H,11,12). The monoisotopic (exact) mass is 172 g/mol. The highest BCUT2D eigenvalue weighted by Crippen LogP contribution is 2.16. The van der Waals surface area contributed by atoms with Crippen molar-refractivity contribution >= 4 is 6.29 Å². The molecular formula is C10H8N2O. The summed E-state index contributed by atoms with van der Waals surface area (Å²) in [5, 5.41) is 6.75. The second kappa shape index (κ2) is 3.23. The molecule has 0 saturated carbocycles. The summed E-state index contributed by atoms with van der Waals surface area (Å²) in [5.74, 6) is 0. The molecule has 1 heterocycles. The Morgan fingerprint density at radius 1 is 1.31 bits per heavy atom. The highest BCUT2D eigenvalue weighted by atomic mass is 16.1. The lowest BCUT2D eigenvalue weighted by Gasteiger charge is -1.95. The van der Waals surface area contributed by atoms with Gasteiger partial charge in [-0.2, -0.15) is 5.10 Å². The fourth-order valence-corrected chi connectivity index (χ4v) is 1.19. The van der Waals surface area contributed by atoms with Crippen molar-refractivity contribution in [2.75, 3.05) is 0 Å². The molecule has 3 nitrogen and oxygen atoms in total. The molecule has 0 amide bonds. The minimum Gasteiger partial charge on any atom is -0.298 e. The van der Waals surface area contributed by atoms with Gasteiger partial charge in [0.1, 0.15) is 6.29 Å². The Hall–Kier alpha value is -1.90. The Kier molecular flexibility index (Phi) is 1.92. The van der Waals surface area contributed by atoms with Crippen LogP contribution in [-0.4, -0.2) is 16.5 Å². The van der Waals surface area contributed by atoms with Gasteiger partial charge in [-0.05, 0) is 12.1 Å². The first-order chi connectivity index (χ1) is 6.40. The van der Waals surface area contributed by atoms with Crippen LogP contribution in [0.25, 0.3) is 11.3 Å². The van der Waals surface area contributed by atoms with Crippen LogP contribution in [0.5, 0.6) is 0 Å². The van der Waals surface area contributed by atoms with Crippen molar-refractivity contribution in [2.45, 2.75) is 0 Å². The van der Waals surface area contributed by atoms with Gasteiger partial charge in [-0.1, -0.05) is 18.2 Å². The van der Waals surface area contributed by atoms with Gasteiger partial charge in [-0.25, -0.2) is 0 Å². The molecule has 2 aromatic rings. The van der Waals surface area contributed by atoms with Crippen LogP contribution in [0.2, 0.25) is 0 Å². The number of aromatic amines is 1. The molecule has 1 N–H and O–H groups in total. The molecule has 1 aromatic heterocycles. The van der Waals surface area contributed by atoms with Crippen molar-refractivity contribution in [1.82, 2.24) is 10.2 Å². The zero-order valence-corrected chi connectivity index (χ0v) is 6.90. The van der Waals surface area contributed by atoms with Crippen LogP contribution in [0.1, 0.15) is 10.4 Å². The van der Waals surface area contributed by atoms with Crippen molar-refractivity contribution in [3.05, 3.63) is 42.1 Å². The van der Waals surface area contributed by atoms with Crippen LogP contribution in [0, 0.1) is 0 Å². The van der Waals surface area contributed by atoms with Gasteiger partial charge < -0.3 is 0 Å². The Bertz CT molecular complexity index is 407. The maximum atomic E-state index is 10.5. The maximum Gasteiger partial charge on any atom is 0.150 e. The highest BCUT2D eigenvalue weighted by Gasteiger charge is 1.99. The van der Waals surface area contributed by atoms with E-state index in [1.165, 1.54) is 0 Å². The van der Waals surface area contributed by atoms with E-state index in [1.807, 2.05) is 24.3 Å². The third-order valence-corrected chi connectivity index (χ3v) is 1.82. The number of rotatable bonds is 2. The molecule has 0 bridgehead atoms. The number of benzene rings is 1. The molecule has 0 aliphatic carbocycles. The normalized spacial score (nSPS) is 9.85. The van der Waals surface area contributed by atoms with Crippen LogP contribution in [0.4, 0.5) is 0 Å². The van der Waals surface area contributed by atoms with Crippen LogP contribution in [-0.2, 0) is 0 Å². The summed E-state index contributed by atoms with van der Waals surface area (Å²) >= 11 is 0. The average molecular weight is 172 g/mol. The van der Waals surface area contributed by atoms with E-state index >= 15 is 0 Å².